The summed E-state index contributed by atoms with van der Waals surface area (Å²) in [6.45, 7) is 0.508. The molecule has 2 aromatic carbocycles. The average Bonchev–Trinajstić information content (AvgIpc) is 2.98. The van der Waals surface area contributed by atoms with Crippen LogP contribution in [0.3, 0.4) is 0 Å². The number of hydrogen-bond donors (Lipinski definition) is 3. The number of amidine groups is 1. The summed E-state index contributed by atoms with van der Waals surface area (Å²) >= 11 is 5.80. The zero-order valence-electron chi connectivity index (χ0n) is 16.0. The molecule has 0 saturated carbocycles. The van der Waals surface area contributed by atoms with Crippen LogP contribution in [0.1, 0.15) is 24.8 Å². The van der Waals surface area contributed by atoms with Gasteiger partial charge < -0.3 is 10.6 Å². The summed E-state index contributed by atoms with van der Waals surface area (Å²) in [6.07, 6.45) is 0.876. The number of nitrogens with one attached hydrogen (secondary N) is 3. The molecule has 8 nitrogen and oxygen atoms in total. The van der Waals surface area contributed by atoms with Crippen LogP contribution in [0.5, 0.6) is 0 Å². The van der Waals surface area contributed by atoms with Crippen molar-refractivity contribution >= 4 is 45.0 Å². The van der Waals surface area contributed by atoms with E-state index in [9.17, 15) is 18.0 Å². The topological polar surface area (TPSA) is 117 Å². The number of aliphatic imine (C=N–C) groups is 1. The zero-order valence-corrected chi connectivity index (χ0v) is 17.6. The van der Waals surface area contributed by atoms with Gasteiger partial charge in [-0.2, -0.15) is 0 Å². The Labute approximate surface area is 179 Å². The van der Waals surface area contributed by atoms with Gasteiger partial charge in [-0.3, -0.25) is 19.3 Å². The SMILES string of the molecule is O=C(CCN=C1NS(=O)(=O)c2ccccc21)NCCCC(=O)Nc1ccc(Cl)cc1. The van der Waals surface area contributed by atoms with Crippen LogP contribution in [0, 0.1) is 0 Å². The maximum absolute atomic E-state index is 12.0. The van der Waals surface area contributed by atoms with Crippen molar-refractivity contribution in [3.63, 3.8) is 0 Å². The number of anilines is 1. The Bertz CT molecular complexity index is 1070. The fourth-order valence-corrected chi connectivity index (χ4v) is 4.22. The molecule has 0 saturated heterocycles. The molecule has 10 heteroatoms. The summed E-state index contributed by atoms with van der Waals surface area (Å²) in [4.78, 5) is 28.2. The lowest BCUT2D eigenvalue weighted by Crippen LogP contribution is -2.26. The lowest BCUT2D eigenvalue weighted by Gasteiger charge is -2.06. The minimum atomic E-state index is -3.58. The van der Waals surface area contributed by atoms with Crippen molar-refractivity contribution in [1.82, 2.24) is 10.0 Å². The standard InChI is InChI=1S/C20H21ClN4O4S/c21-14-7-9-15(10-8-14)24-19(27)6-3-12-22-18(26)11-13-23-20-16-4-1-2-5-17(16)30(28,29)25-20/h1-2,4-5,7-10H,3,6,11-13H2,(H,22,26)(H,23,25)(H,24,27). The second-order valence-corrected chi connectivity index (χ2v) is 8.68. The van der Waals surface area contributed by atoms with Gasteiger partial charge in [0.1, 0.15) is 5.84 Å². The van der Waals surface area contributed by atoms with E-state index in [1.165, 1.54) is 6.07 Å². The van der Waals surface area contributed by atoms with Gasteiger partial charge in [0.2, 0.25) is 11.8 Å². The Hall–Kier alpha value is -2.91. The van der Waals surface area contributed by atoms with Gasteiger partial charge in [-0.15, -0.1) is 0 Å². The molecule has 1 aliphatic rings. The van der Waals surface area contributed by atoms with Crippen molar-refractivity contribution in [2.45, 2.75) is 24.2 Å². The van der Waals surface area contributed by atoms with Crippen molar-refractivity contribution in [2.75, 3.05) is 18.4 Å². The molecule has 0 spiro atoms. The van der Waals surface area contributed by atoms with Gasteiger partial charge in [-0.1, -0.05) is 23.7 Å². The highest BCUT2D eigenvalue weighted by atomic mass is 35.5. The number of carbonyl (C=O) groups excluding carboxylic acids is 2. The molecule has 30 heavy (non-hydrogen) atoms. The summed E-state index contributed by atoms with van der Waals surface area (Å²) in [5.41, 5.74) is 1.17. The first-order valence-corrected chi connectivity index (χ1v) is 11.2. The van der Waals surface area contributed by atoms with Gasteiger partial charge >= 0.3 is 0 Å². The van der Waals surface area contributed by atoms with Gasteiger partial charge in [0, 0.05) is 35.7 Å². The van der Waals surface area contributed by atoms with E-state index in [4.69, 9.17) is 11.6 Å². The summed E-state index contributed by atoms with van der Waals surface area (Å²) in [5.74, 6) is -0.117. The molecular weight excluding hydrogens is 428 g/mol. The predicted octanol–water partition coefficient (Wildman–Crippen LogP) is 2.30. The largest absolute Gasteiger partial charge is 0.356 e. The molecule has 1 aliphatic heterocycles. The molecule has 0 aliphatic carbocycles. The van der Waals surface area contributed by atoms with E-state index in [0.717, 1.165) is 0 Å². The van der Waals surface area contributed by atoms with Gasteiger partial charge in [0.15, 0.2) is 0 Å². The van der Waals surface area contributed by atoms with E-state index in [0.29, 0.717) is 29.2 Å². The maximum Gasteiger partial charge on any atom is 0.263 e. The summed E-state index contributed by atoms with van der Waals surface area (Å²) in [6, 6.07) is 13.4. The smallest absolute Gasteiger partial charge is 0.263 e. The van der Waals surface area contributed by atoms with Crippen LogP contribution in [0.4, 0.5) is 5.69 Å². The minimum absolute atomic E-state index is 0.115. The number of nitrogens with zero attached hydrogens (tertiary/aromatic N) is 1. The van der Waals surface area contributed by atoms with E-state index in [1.54, 1.807) is 42.5 Å². The molecule has 3 N–H and O–H groups in total. The highest BCUT2D eigenvalue weighted by Crippen LogP contribution is 2.22. The average molecular weight is 449 g/mol. The van der Waals surface area contributed by atoms with Gasteiger partial charge in [-0.25, -0.2) is 8.42 Å². The van der Waals surface area contributed by atoms with Crippen molar-refractivity contribution in [2.24, 2.45) is 4.99 Å². The lowest BCUT2D eigenvalue weighted by molar-refractivity contribution is -0.121. The van der Waals surface area contributed by atoms with Crippen LogP contribution in [0.2, 0.25) is 5.02 Å². The third kappa shape index (κ3) is 5.80. The second kappa shape index (κ2) is 9.73. The Kier molecular flexibility index (Phi) is 7.07. The Morgan fingerprint density at radius 1 is 1.00 bits per heavy atom. The molecule has 0 aromatic heterocycles. The number of sulfonamides is 1. The van der Waals surface area contributed by atoms with Crippen LogP contribution < -0.4 is 15.4 Å². The first-order valence-electron chi connectivity index (χ1n) is 9.34. The number of carbonyl (C=O) groups is 2. The molecule has 0 unspecified atom stereocenters. The van der Waals surface area contributed by atoms with Crippen molar-refractivity contribution in [1.29, 1.82) is 0 Å². The lowest BCUT2D eigenvalue weighted by atomic mass is 10.2. The summed E-state index contributed by atoms with van der Waals surface area (Å²) in [7, 11) is -3.58. The number of rotatable bonds is 8. The molecule has 2 amide bonds. The van der Waals surface area contributed by atoms with E-state index < -0.39 is 10.0 Å². The van der Waals surface area contributed by atoms with E-state index >= 15 is 0 Å². The zero-order chi connectivity index (χ0) is 21.6. The van der Waals surface area contributed by atoms with Crippen molar-refractivity contribution in [3.8, 4) is 0 Å². The molecule has 0 fully saturated rings. The third-order valence-electron chi connectivity index (χ3n) is 4.30. The molecular formula is C20H21ClN4O4S. The minimum Gasteiger partial charge on any atom is -0.356 e. The molecule has 2 aromatic rings. The number of benzene rings is 2. The summed E-state index contributed by atoms with van der Waals surface area (Å²) in [5, 5.41) is 6.07. The van der Waals surface area contributed by atoms with Crippen LogP contribution in [-0.4, -0.2) is 39.2 Å². The number of amides is 2. The highest BCUT2D eigenvalue weighted by Gasteiger charge is 2.29. The monoisotopic (exact) mass is 448 g/mol. The maximum atomic E-state index is 12.0. The number of hydrogen-bond acceptors (Lipinski definition) is 5. The Morgan fingerprint density at radius 2 is 1.73 bits per heavy atom. The van der Waals surface area contributed by atoms with Crippen LogP contribution >= 0.6 is 11.6 Å². The summed E-state index contributed by atoms with van der Waals surface area (Å²) < 4.78 is 26.4. The first kappa shape index (κ1) is 21.8. The molecule has 0 bridgehead atoms. The molecule has 158 valence electrons. The fraction of sp³-hybridized carbons (Fsp3) is 0.250. The van der Waals surface area contributed by atoms with E-state index in [1.807, 2.05) is 0 Å². The van der Waals surface area contributed by atoms with Gasteiger partial charge in [0.05, 0.1) is 11.4 Å². The van der Waals surface area contributed by atoms with Crippen LogP contribution in [0.15, 0.2) is 58.4 Å². The van der Waals surface area contributed by atoms with E-state index in [2.05, 4.69) is 20.3 Å². The molecule has 0 atom stereocenters. The number of fused-ring (bicyclic) bond motifs is 1. The van der Waals surface area contributed by atoms with Gasteiger partial charge in [0.25, 0.3) is 10.0 Å². The molecule has 1 heterocycles. The van der Waals surface area contributed by atoms with Crippen molar-refractivity contribution in [3.05, 3.63) is 59.1 Å². The predicted molar refractivity (Wildman–Crippen MR) is 115 cm³/mol. The first-order chi connectivity index (χ1) is 14.3. The Balaban J connectivity index is 1.36. The van der Waals surface area contributed by atoms with Gasteiger partial charge in [-0.05, 0) is 42.8 Å². The molecule has 3 rings (SSSR count). The highest BCUT2D eigenvalue weighted by molar-refractivity contribution is 7.90. The van der Waals surface area contributed by atoms with E-state index in [-0.39, 0.29) is 41.9 Å². The van der Waals surface area contributed by atoms with Crippen LogP contribution in [-0.2, 0) is 19.6 Å². The second-order valence-electron chi connectivity index (χ2n) is 6.59. The Morgan fingerprint density at radius 3 is 2.50 bits per heavy atom. The normalized spacial score (nSPS) is 15.3. The number of halogens is 1. The molecule has 0 radical (unpaired) electrons. The third-order valence-corrected chi connectivity index (χ3v) is 5.95. The van der Waals surface area contributed by atoms with Crippen molar-refractivity contribution < 1.29 is 18.0 Å². The van der Waals surface area contributed by atoms with Crippen LogP contribution in [0.25, 0.3) is 0 Å². The fourth-order valence-electron chi connectivity index (χ4n) is 2.84. The quantitative estimate of drug-likeness (QED) is 0.537.